The van der Waals surface area contributed by atoms with Crippen LogP contribution in [0.25, 0.3) is 0 Å². The minimum Gasteiger partial charge on any atom is -0.449 e. The molecule has 1 rings (SSSR count). The monoisotopic (exact) mass is 242 g/mol. The van der Waals surface area contributed by atoms with Gasteiger partial charge >= 0.3 is 6.09 Å². The van der Waals surface area contributed by atoms with Crippen molar-refractivity contribution in [1.82, 2.24) is 10.2 Å². The van der Waals surface area contributed by atoms with Gasteiger partial charge in [0.05, 0.1) is 6.61 Å². The SMILES string of the molecule is CN(C(=O)OCCC1CCNCC1)C(C)(C)C. The number of carbonyl (C=O) groups is 1. The number of hydrogen-bond donors (Lipinski definition) is 1. The van der Waals surface area contributed by atoms with E-state index >= 15 is 0 Å². The molecule has 1 aliphatic heterocycles. The molecule has 1 saturated heterocycles. The molecule has 1 fully saturated rings. The van der Waals surface area contributed by atoms with E-state index < -0.39 is 0 Å². The van der Waals surface area contributed by atoms with Gasteiger partial charge in [0.15, 0.2) is 0 Å². The molecule has 0 bridgehead atoms. The predicted octanol–water partition coefficient (Wildman–Crippen LogP) is 2.24. The molecule has 0 aromatic carbocycles. The van der Waals surface area contributed by atoms with Crippen LogP contribution in [0.15, 0.2) is 0 Å². The molecule has 0 spiro atoms. The van der Waals surface area contributed by atoms with Crippen LogP contribution in [0, 0.1) is 5.92 Å². The second kappa shape index (κ2) is 6.24. The summed E-state index contributed by atoms with van der Waals surface area (Å²) >= 11 is 0. The first-order valence-corrected chi connectivity index (χ1v) is 6.52. The van der Waals surface area contributed by atoms with Gasteiger partial charge in [0, 0.05) is 12.6 Å². The van der Waals surface area contributed by atoms with Gasteiger partial charge in [0.25, 0.3) is 0 Å². The van der Waals surface area contributed by atoms with Crippen LogP contribution in [-0.4, -0.2) is 43.3 Å². The lowest BCUT2D eigenvalue weighted by Gasteiger charge is -2.31. The second-order valence-corrected chi connectivity index (χ2v) is 5.83. The van der Waals surface area contributed by atoms with Gasteiger partial charge in [-0.2, -0.15) is 0 Å². The van der Waals surface area contributed by atoms with Crippen molar-refractivity contribution < 1.29 is 9.53 Å². The van der Waals surface area contributed by atoms with Crippen LogP contribution in [0.1, 0.15) is 40.0 Å². The van der Waals surface area contributed by atoms with Crippen molar-refractivity contribution in [3.8, 4) is 0 Å². The number of nitrogens with zero attached hydrogens (tertiary/aromatic N) is 1. The Bertz CT molecular complexity index is 242. The minimum atomic E-state index is -0.216. The largest absolute Gasteiger partial charge is 0.449 e. The van der Waals surface area contributed by atoms with Gasteiger partial charge in [0.2, 0.25) is 0 Å². The molecule has 17 heavy (non-hydrogen) atoms. The van der Waals surface area contributed by atoms with E-state index in [-0.39, 0.29) is 11.6 Å². The average Bonchev–Trinajstić information content (AvgIpc) is 2.28. The summed E-state index contributed by atoms with van der Waals surface area (Å²) in [6.45, 7) is 8.74. The summed E-state index contributed by atoms with van der Waals surface area (Å²) in [7, 11) is 1.78. The number of carbonyl (C=O) groups excluding carboxylic acids is 1. The molecular weight excluding hydrogens is 216 g/mol. The summed E-state index contributed by atoms with van der Waals surface area (Å²) in [6.07, 6.45) is 3.18. The number of rotatable bonds is 3. The molecule has 4 heteroatoms. The van der Waals surface area contributed by atoms with Crippen LogP contribution >= 0.6 is 0 Å². The lowest BCUT2D eigenvalue weighted by molar-refractivity contribution is 0.0756. The maximum absolute atomic E-state index is 11.7. The van der Waals surface area contributed by atoms with E-state index in [0.717, 1.165) is 19.5 Å². The molecule has 0 saturated carbocycles. The number of hydrogen-bond acceptors (Lipinski definition) is 3. The zero-order valence-electron chi connectivity index (χ0n) is 11.6. The van der Waals surface area contributed by atoms with E-state index in [1.807, 2.05) is 20.8 Å². The molecule has 4 nitrogen and oxygen atoms in total. The van der Waals surface area contributed by atoms with Crippen LogP contribution in [0.3, 0.4) is 0 Å². The van der Waals surface area contributed by atoms with Crippen LogP contribution in [0.5, 0.6) is 0 Å². The van der Waals surface area contributed by atoms with Crippen LogP contribution in [-0.2, 0) is 4.74 Å². The molecule has 0 radical (unpaired) electrons. The van der Waals surface area contributed by atoms with Crippen molar-refractivity contribution in [2.45, 2.75) is 45.6 Å². The molecule has 1 N–H and O–H groups in total. The third-order valence-electron chi connectivity index (χ3n) is 3.49. The molecule has 0 aromatic rings. The maximum atomic E-state index is 11.7. The van der Waals surface area contributed by atoms with Gasteiger partial charge in [-0.1, -0.05) is 0 Å². The van der Waals surface area contributed by atoms with Crippen LogP contribution < -0.4 is 5.32 Å². The van der Waals surface area contributed by atoms with Gasteiger partial charge in [0.1, 0.15) is 0 Å². The maximum Gasteiger partial charge on any atom is 0.409 e. The molecule has 1 amide bonds. The van der Waals surface area contributed by atoms with Crippen molar-refractivity contribution in [3.63, 3.8) is 0 Å². The van der Waals surface area contributed by atoms with E-state index in [2.05, 4.69) is 5.32 Å². The number of piperidine rings is 1. The van der Waals surface area contributed by atoms with Gasteiger partial charge in [-0.25, -0.2) is 4.79 Å². The predicted molar refractivity (Wildman–Crippen MR) is 69.1 cm³/mol. The summed E-state index contributed by atoms with van der Waals surface area (Å²) in [5, 5.41) is 3.34. The van der Waals surface area contributed by atoms with Crippen molar-refractivity contribution in [2.24, 2.45) is 5.92 Å². The average molecular weight is 242 g/mol. The second-order valence-electron chi connectivity index (χ2n) is 5.83. The molecule has 1 heterocycles. The van der Waals surface area contributed by atoms with Crippen LogP contribution in [0.4, 0.5) is 4.79 Å². The highest BCUT2D eigenvalue weighted by atomic mass is 16.6. The zero-order valence-corrected chi connectivity index (χ0v) is 11.6. The highest BCUT2D eigenvalue weighted by molar-refractivity contribution is 5.68. The van der Waals surface area contributed by atoms with Gasteiger partial charge in [-0.3, -0.25) is 0 Å². The highest BCUT2D eigenvalue weighted by Gasteiger charge is 2.23. The Morgan fingerprint density at radius 1 is 1.35 bits per heavy atom. The lowest BCUT2D eigenvalue weighted by Crippen LogP contribution is -2.43. The topological polar surface area (TPSA) is 41.6 Å². The Morgan fingerprint density at radius 2 is 1.94 bits per heavy atom. The Labute approximate surface area is 105 Å². The van der Waals surface area contributed by atoms with Crippen molar-refractivity contribution >= 4 is 6.09 Å². The Hall–Kier alpha value is -0.770. The lowest BCUT2D eigenvalue weighted by atomic mass is 9.95. The summed E-state index contributed by atoms with van der Waals surface area (Å²) < 4.78 is 5.30. The summed E-state index contributed by atoms with van der Waals surface area (Å²) in [5.74, 6) is 0.712. The summed E-state index contributed by atoms with van der Waals surface area (Å²) in [4.78, 5) is 13.4. The number of ether oxygens (including phenoxy) is 1. The normalized spacial score (nSPS) is 17.9. The highest BCUT2D eigenvalue weighted by Crippen LogP contribution is 2.16. The van der Waals surface area contributed by atoms with E-state index in [4.69, 9.17) is 4.74 Å². The quantitative estimate of drug-likeness (QED) is 0.825. The Morgan fingerprint density at radius 3 is 2.47 bits per heavy atom. The Balaban J connectivity index is 2.19. The summed E-state index contributed by atoms with van der Waals surface area (Å²) in [5.41, 5.74) is -0.175. The Kier molecular flexibility index (Phi) is 5.25. The van der Waals surface area contributed by atoms with Gasteiger partial charge in [-0.15, -0.1) is 0 Å². The van der Waals surface area contributed by atoms with Crippen molar-refractivity contribution in [2.75, 3.05) is 26.7 Å². The minimum absolute atomic E-state index is 0.175. The summed E-state index contributed by atoms with van der Waals surface area (Å²) in [6, 6.07) is 0. The third kappa shape index (κ3) is 4.94. The number of nitrogens with one attached hydrogen (secondary N) is 1. The fourth-order valence-electron chi connectivity index (χ4n) is 1.85. The van der Waals surface area contributed by atoms with E-state index in [1.165, 1.54) is 12.8 Å². The van der Waals surface area contributed by atoms with E-state index in [1.54, 1.807) is 11.9 Å². The standard InChI is InChI=1S/C13H26N2O2/c1-13(2,3)15(4)12(16)17-10-7-11-5-8-14-9-6-11/h11,14H,5-10H2,1-4H3. The zero-order chi connectivity index (χ0) is 12.9. The molecule has 0 aromatic heterocycles. The molecule has 0 unspecified atom stereocenters. The third-order valence-corrected chi connectivity index (χ3v) is 3.49. The fourth-order valence-corrected chi connectivity index (χ4v) is 1.85. The van der Waals surface area contributed by atoms with Gasteiger partial charge in [-0.05, 0) is 59.0 Å². The first-order chi connectivity index (χ1) is 7.91. The van der Waals surface area contributed by atoms with Gasteiger partial charge < -0.3 is 15.0 Å². The smallest absolute Gasteiger partial charge is 0.409 e. The van der Waals surface area contributed by atoms with E-state index in [0.29, 0.717) is 12.5 Å². The van der Waals surface area contributed by atoms with Crippen LogP contribution in [0.2, 0.25) is 0 Å². The molecule has 1 aliphatic rings. The van der Waals surface area contributed by atoms with Crippen molar-refractivity contribution in [3.05, 3.63) is 0 Å². The van der Waals surface area contributed by atoms with Crippen molar-refractivity contribution in [1.29, 1.82) is 0 Å². The first-order valence-electron chi connectivity index (χ1n) is 6.52. The first kappa shape index (κ1) is 14.3. The molecule has 100 valence electrons. The van der Waals surface area contributed by atoms with E-state index in [9.17, 15) is 4.79 Å². The molecular formula is C13H26N2O2. The molecule has 0 atom stereocenters. The fraction of sp³-hybridized carbons (Fsp3) is 0.923. The molecule has 0 aliphatic carbocycles. The number of amides is 1.